The summed E-state index contributed by atoms with van der Waals surface area (Å²) in [6.45, 7) is 2.90. The number of benzene rings is 4. The molecule has 0 aliphatic carbocycles. The van der Waals surface area contributed by atoms with Crippen molar-refractivity contribution in [2.24, 2.45) is 10.2 Å². The number of nitrogens with one attached hydrogen (secondary N) is 2. The third-order valence-corrected chi connectivity index (χ3v) is 6.83. The fourth-order valence-corrected chi connectivity index (χ4v) is 4.42. The molecule has 0 aliphatic rings. The molecule has 0 spiro atoms. The van der Waals surface area contributed by atoms with Gasteiger partial charge in [0.25, 0.3) is 0 Å². The summed E-state index contributed by atoms with van der Waals surface area (Å²) in [4.78, 5) is 26.5. The Kier molecular flexibility index (Phi) is 14.6. The Labute approximate surface area is 270 Å². The van der Waals surface area contributed by atoms with Crippen LogP contribution in [0, 0.1) is 0 Å². The first-order valence-corrected chi connectivity index (χ1v) is 15.5. The van der Waals surface area contributed by atoms with E-state index in [0.717, 1.165) is 49.4 Å². The molecule has 10 nitrogen and oxygen atoms in total. The smallest absolute Gasteiger partial charge is 0.411 e. The maximum absolute atomic E-state index is 12.2. The molecule has 0 fully saturated rings. The first-order valence-electron chi connectivity index (χ1n) is 15.5. The van der Waals surface area contributed by atoms with Gasteiger partial charge in [-0.3, -0.25) is 15.5 Å². The van der Waals surface area contributed by atoms with Gasteiger partial charge in [-0.1, -0.05) is 67.4 Å². The van der Waals surface area contributed by atoms with Gasteiger partial charge in [0.15, 0.2) is 0 Å². The van der Waals surface area contributed by atoms with Gasteiger partial charge in [-0.15, -0.1) is 0 Å². The average molecular weight is 624 g/mol. The van der Waals surface area contributed by atoms with Gasteiger partial charge in [0, 0.05) is 24.5 Å². The summed E-state index contributed by atoms with van der Waals surface area (Å²) in [5, 5.41) is 13.9. The van der Waals surface area contributed by atoms with Crippen molar-refractivity contribution in [2.45, 2.75) is 25.7 Å². The molecule has 4 aromatic rings. The molecule has 46 heavy (non-hydrogen) atoms. The number of hydrogen-bond acceptors (Lipinski definition) is 8. The molecule has 0 radical (unpaired) electrons. The van der Waals surface area contributed by atoms with Crippen LogP contribution in [-0.2, 0) is 9.47 Å². The number of rotatable bonds is 18. The Morgan fingerprint density at radius 2 is 1.00 bits per heavy atom. The Morgan fingerprint density at radius 1 is 0.522 bits per heavy atom. The van der Waals surface area contributed by atoms with Crippen LogP contribution in [0.2, 0.25) is 0 Å². The zero-order valence-electron chi connectivity index (χ0n) is 25.9. The van der Waals surface area contributed by atoms with E-state index < -0.39 is 12.2 Å². The normalized spacial score (nSPS) is 10.9. The molecular formula is C36H41N5O5. The van der Waals surface area contributed by atoms with Crippen LogP contribution < -0.4 is 15.4 Å². The number of anilines is 2. The number of nitrogens with zero attached hydrogens (tertiary/aromatic N) is 3. The molecule has 0 bridgehead atoms. The first-order chi connectivity index (χ1) is 22.6. The number of carbonyl (C=O) groups excluding carboxylic acids is 2. The van der Waals surface area contributed by atoms with E-state index in [-0.39, 0.29) is 13.2 Å². The summed E-state index contributed by atoms with van der Waals surface area (Å²) in [5.41, 5.74) is 2.93. The minimum absolute atomic E-state index is 0.217. The van der Waals surface area contributed by atoms with E-state index in [2.05, 4.69) is 25.8 Å². The summed E-state index contributed by atoms with van der Waals surface area (Å²) in [7, 11) is 0. The van der Waals surface area contributed by atoms with E-state index in [1.807, 2.05) is 91.0 Å². The van der Waals surface area contributed by atoms with Gasteiger partial charge in [0.2, 0.25) is 0 Å². The predicted octanol–water partition coefficient (Wildman–Crippen LogP) is 8.84. The minimum Gasteiger partial charge on any atom is -0.494 e. The van der Waals surface area contributed by atoms with Crippen molar-refractivity contribution >= 4 is 34.9 Å². The molecule has 0 saturated heterocycles. The van der Waals surface area contributed by atoms with Crippen molar-refractivity contribution in [3.8, 4) is 5.75 Å². The SMILES string of the molecule is O=C(Nc1ccccc1)OCCN(CCCCCCOc1ccc(N=Nc2ccccc2)cc1)CCOC(=O)Nc1ccccc1. The number of amides is 2. The third kappa shape index (κ3) is 13.6. The second kappa shape index (κ2) is 19.9. The Hall–Kier alpha value is -5.22. The van der Waals surface area contributed by atoms with Crippen LogP contribution in [0.3, 0.4) is 0 Å². The summed E-state index contributed by atoms with van der Waals surface area (Å²) in [6.07, 6.45) is 2.91. The molecule has 0 aromatic heterocycles. The first kappa shape index (κ1) is 33.7. The van der Waals surface area contributed by atoms with Crippen LogP contribution in [0.25, 0.3) is 0 Å². The topological polar surface area (TPSA) is 114 Å². The van der Waals surface area contributed by atoms with Gasteiger partial charge in [-0.25, -0.2) is 9.59 Å². The summed E-state index contributed by atoms with van der Waals surface area (Å²) in [5.74, 6) is 0.803. The number of hydrogen-bond donors (Lipinski definition) is 2. The number of azo groups is 1. The van der Waals surface area contributed by atoms with Crippen LogP contribution >= 0.6 is 0 Å². The lowest BCUT2D eigenvalue weighted by Gasteiger charge is -2.22. The molecule has 0 atom stereocenters. The summed E-state index contributed by atoms with van der Waals surface area (Å²) < 4.78 is 16.7. The molecule has 0 unspecified atom stereocenters. The highest BCUT2D eigenvalue weighted by molar-refractivity contribution is 5.85. The van der Waals surface area contributed by atoms with E-state index in [4.69, 9.17) is 14.2 Å². The maximum Gasteiger partial charge on any atom is 0.411 e. The van der Waals surface area contributed by atoms with Crippen molar-refractivity contribution in [2.75, 3.05) is 50.1 Å². The van der Waals surface area contributed by atoms with Gasteiger partial charge in [-0.05, 0) is 80.1 Å². The van der Waals surface area contributed by atoms with Crippen molar-refractivity contribution in [3.05, 3.63) is 115 Å². The fourth-order valence-electron chi connectivity index (χ4n) is 4.42. The molecule has 0 heterocycles. The third-order valence-electron chi connectivity index (χ3n) is 6.83. The molecule has 10 heteroatoms. The minimum atomic E-state index is -0.504. The molecular weight excluding hydrogens is 582 g/mol. The van der Waals surface area contributed by atoms with Crippen molar-refractivity contribution in [3.63, 3.8) is 0 Å². The molecule has 240 valence electrons. The van der Waals surface area contributed by atoms with Crippen molar-refractivity contribution in [1.29, 1.82) is 0 Å². The van der Waals surface area contributed by atoms with Crippen LogP contribution in [-0.4, -0.2) is 56.5 Å². The summed E-state index contributed by atoms with van der Waals surface area (Å²) >= 11 is 0. The second-order valence-corrected chi connectivity index (χ2v) is 10.4. The Morgan fingerprint density at radius 3 is 1.54 bits per heavy atom. The standard InChI is InChI=1S/C36H41N5O5/c42-35(37-30-14-6-3-7-15-30)45-28-25-41(26-29-46-36(43)38-31-16-8-4-9-17-31)24-12-1-2-13-27-44-34-22-20-33(21-23-34)40-39-32-18-10-5-11-19-32/h3-11,14-23H,1-2,12-13,24-29H2,(H,37,42)(H,38,43). The molecule has 0 aliphatic heterocycles. The largest absolute Gasteiger partial charge is 0.494 e. The quantitative estimate of drug-likeness (QED) is 0.0846. The van der Waals surface area contributed by atoms with Crippen LogP contribution in [0.15, 0.2) is 125 Å². The highest BCUT2D eigenvalue weighted by Crippen LogP contribution is 2.21. The van der Waals surface area contributed by atoms with Gasteiger partial charge in [-0.2, -0.15) is 10.2 Å². The lowest BCUT2D eigenvalue weighted by molar-refractivity contribution is 0.116. The predicted molar refractivity (Wildman–Crippen MR) is 180 cm³/mol. The van der Waals surface area contributed by atoms with Crippen LogP contribution in [0.1, 0.15) is 25.7 Å². The molecule has 2 amide bonds. The van der Waals surface area contributed by atoms with Gasteiger partial charge >= 0.3 is 12.2 Å². The highest BCUT2D eigenvalue weighted by atomic mass is 16.6. The monoisotopic (exact) mass is 623 g/mol. The Balaban J connectivity index is 1.12. The average Bonchev–Trinajstić information content (AvgIpc) is 3.08. The van der Waals surface area contributed by atoms with Gasteiger partial charge < -0.3 is 14.2 Å². The lowest BCUT2D eigenvalue weighted by Crippen LogP contribution is -2.34. The number of ether oxygens (including phenoxy) is 3. The molecule has 4 rings (SSSR count). The number of carbonyl (C=O) groups is 2. The van der Waals surface area contributed by atoms with E-state index in [1.54, 1.807) is 24.3 Å². The van der Waals surface area contributed by atoms with Crippen molar-refractivity contribution < 1.29 is 23.8 Å². The number of unbranched alkanes of at least 4 members (excludes halogenated alkanes) is 3. The van der Waals surface area contributed by atoms with E-state index in [1.165, 1.54) is 0 Å². The Bertz CT molecular complexity index is 1400. The van der Waals surface area contributed by atoms with E-state index in [0.29, 0.717) is 31.1 Å². The van der Waals surface area contributed by atoms with Crippen LogP contribution in [0.5, 0.6) is 5.75 Å². The fraction of sp³-hybridized carbons (Fsp3) is 0.278. The van der Waals surface area contributed by atoms with Gasteiger partial charge in [0.1, 0.15) is 19.0 Å². The zero-order valence-corrected chi connectivity index (χ0v) is 25.9. The lowest BCUT2D eigenvalue weighted by atomic mass is 10.2. The highest BCUT2D eigenvalue weighted by Gasteiger charge is 2.10. The van der Waals surface area contributed by atoms with Crippen molar-refractivity contribution in [1.82, 2.24) is 4.90 Å². The molecule has 4 aromatic carbocycles. The maximum atomic E-state index is 12.2. The summed E-state index contributed by atoms with van der Waals surface area (Å²) in [6, 6.07) is 35.5. The van der Waals surface area contributed by atoms with Gasteiger partial charge in [0.05, 0.1) is 18.0 Å². The molecule has 2 N–H and O–H groups in total. The second-order valence-electron chi connectivity index (χ2n) is 10.4. The molecule has 0 saturated carbocycles. The number of para-hydroxylation sites is 2. The van der Waals surface area contributed by atoms with E-state index >= 15 is 0 Å². The zero-order chi connectivity index (χ0) is 32.1. The van der Waals surface area contributed by atoms with E-state index in [9.17, 15) is 9.59 Å². The van der Waals surface area contributed by atoms with Crippen LogP contribution in [0.4, 0.5) is 32.3 Å².